The van der Waals surface area contributed by atoms with Crippen molar-refractivity contribution in [2.45, 2.75) is 85.1 Å². The largest absolute Gasteiger partial charge is 0.477 e. The van der Waals surface area contributed by atoms with Gasteiger partial charge in [-0.1, -0.05) is 13.8 Å². The minimum atomic E-state index is -4.10. The van der Waals surface area contributed by atoms with Crippen molar-refractivity contribution in [1.82, 2.24) is 0 Å². The highest BCUT2D eigenvalue weighted by Crippen LogP contribution is 2.52. The molecule has 0 N–H and O–H groups in total. The summed E-state index contributed by atoms with van der Waals surface area (Å²) in [5, 5.41) is 0. The highest BCUT2D eigenvalue weighted by molar-refractivity contribution is 7.48. The Morgan fingerprint density at radius 1 is 0.800 bits per heavy atom. The summed E-state index contributed by atoms with van der Waals surface area (Å²) in [7, 11) is -4.10. The van der Waals surface area contributed by atoms with Crippen molar-refractivity contribution >= 4 is 25.7 Å². The van der Waals surface area contributed by atoms with Crippen LogP contribution in [0.5, 0.6) is 0 Å². The Balaban J connectivity index is 3.25. The lowest BCUT2D eigenvalue weighted by atomic mass is 9.99. The van der Waals surface area contributed by atoms with E-state index < -0.39 is 56.4 Å². The van der Waals surface area contributed by atoms with Crippen LogP contribution >= 0.6 is 7.82 Å². The van der Waals surface area contributed by atoms with Crippen molar-refractivity contribution < 1.29 is 51.5 Å². The van der Waals surface area contributed by atoms with Crippen LogP contribution in [0.4, 0.5) is 0 Å². The fraction of sp³-hybridized carbons (Fsp3) is 0.833. The zero-order valence-corrected chi connectivity index (χ0v) is 19.0. The predicted octanol–water partition coefficient (Wildman–Crippen LogP) is 2.50. The summed E-state index contributed by atoms with van der Waals surface area (Å²) in [5.74, 6) is -2.11. The van der Waals surface area contributed by atoms with E-state index in [0.29, 0.717) is 12.8 Å². The summed E-state index contributed by atoms with van der Waals surface area (Å²) in [4.78, 5) is 34.9. The topological polar surface area (TPSA) is 133 Å². The van der Waals surface area contributed by atoms with Crippen LogP contribution in [0.1, 0.15) is 54.4 Å². The van der Waals surface area contributed by atoms with Crippen LogP contribution in [0.2, 0.25) is 0 Å². The maximum absolute atomic E-state index is 13.0. The van der Waals surface area contributed by atoms with Crippen LogP contribution < -0.4 is 0 Å². The second kappa shape index (κ2) is 12.4. The van der Waals surface area contributed by atoms with Crippen LogP contribution in [0.3, 0.4) is 0 Å². The van der Waals surface area contributed by atoms with Gasteiger partial charge < -0.3 is 18.9 Å². The third-order valence-electron chi connectivity index (χ3n) is 3.77. The third kappa shape index (κ3) is 8.31. The first-order chi connectivity index (χ1) is 14.0. The predicted molar refractivity (Wildman–Crippen MR) is 102 cm³/mol. The number of phosphoric ester groups is 1. The van der Waals surface area contributed by atoms with Crippen LogP contribution in [-0.4, -0.2) is 61.8 Å². The molecule has 0 aromatic heterocycles. The van der Waals surface area contributed by atoms with Gasteiger partial charge in [0.05, 0.1) is 19.3 Å². The molecule has 0 radical (unpaired) electrons. The number of carbonyl (C=O) groups is 3. The zero-order valence-electron chi connectivity index (χ0n) is 18.2. The Bertz CT molecular complexity index is 626. The first-order valence-corrected chi connectivity index (χ1v) is 11.2. The van der Waals surface area contributed by atoms with Crippen molar-refractivity contribution in [2.75, 3.05) is 13.2 Å². The van der Waals surface area contributed by atoms with E-state index in [9.17, 15) is 18.9 Å². The Labute approximate surface area is 176 Å². The monoisotopic (exact) mass is 454 g/mol. The molecule has 12 heteroatoms. The molecule has 1 fully saturated rings. The molecule has 1 heterocycles. The highest BCUT2D eigenvalue weighted by Gasteiger charge is 2.53. The van der Waals surface area contributed by atoms with E-state index in [4.69, 9.17) is 32.5 Å². The maximum atomic E-state index is 13.0. The molecule has 174 valence electrons. The van der Waals surface area contributed by atoms with E-state index in [2.05, 4.69) is 0 Å². The van der Waals surface area contributed by atoms with Gasteiger partial charge in [-0.2, -0.15) is 0 Å². The fourth-order valence-corrected chi connectivity index (χ4v) is 4.12. The van der Waals surface area contributed by atoms with Crippen LogP contribution in [0, 0.1) is 0 Å². The molecule has 1 aliphatic heterocycles. The highest BCUT2D eigenvalue weighted by atomic mass is 31.2. The molecule has 30 heavy (non-hydrogen) atoms. The van der Waals surface area contributed by atoms with Gasteiger partial charge in [-0.3, -0.25) is 28.0 Å². The molecule has 0 unspecified atom stereocenters. The molecule has 11 nitrogen and oxygen atoms in total. The summed E-state index contributed by atoms with van der Waals surface area (Å²) in [6.07, 6.45) is -5.00. The van der Waals surface area contributed by atoms with Gasteiger partial charge in [0.1, 0.15) is 0 Å². The Morgan fingerprint density at radius 2 is 1.23 bits per heavy atom. The van der Waals surface area contributed by atoms with Gasteiger partial charge in [0.25, 0.3) is 0 Å². The van der Waals surface area contributed by atoms with E-state index in [1.165, 1.54) is 13.8 Å². The molecule has 1 rings (SSSR count). The van der Waals surface area contributed by atoms with E-state index in [1.807, 2.05) is 13.8 Å². The Morgan fingerprint density at radius 3 is 1.67 bits per heavy atom. The van der Waals surface area contributed by atoms with Crippen molar-refractivity contribution in [1.29, 1.82) is 0 Å². The summed E-state index contributed by atoms with van der Waals surface area (Å²) in [6.45, 7) is 8.78. The molecule has 1 saturated heterocycles. The number of carbonyl (C=O) groups excluding carboxylic acids is 3. The molecule has 0 aromatic carbocycles. The number of ether oxygens (including phenoxy) is 4. The van der Waals surface area contributed by atoms with Crippen molar-refractivity contribution in [3.8, 4) is 0 Å². The van der Waals surface area contributed by atoms with E-state index in [1.54, 1.807) is 0 Å². The van der Waals surface area contributed by atoms with Crippen molar-refractivity contribution in [2.24, 2.45) is 0 Å². The number of hydrogen-bond donors (Lipinski definition) is 0. The second-order valence-corrected chi connectivity index (χ2v) is 8.27. The van der Waals surface area contributed by atoms with Crippen LogP contribution in [0.15, 0.2) is 0 Å². The lowest BCUT2D eigenvalue weighted by molar-refractivity contribution is -0.283. The summed E-state index contributed by atoms with van der Waals surface area (Å²) >= 11 is 0. The average molecular weight is 454 g/mol. The second-order valence-electron chi connectivity index (χ2n) is 6.65. The third-order valence-corrected chi connectivity index (χ3v) is 5.24. The van der Waals surface area contributed by atoms with E-state index >= 15 is 0 Å². The zero-order chi connectivity index (χ0) is 22.9. The SMILES string of the molecule is CCCOP(=O)(OCCC)O[C@@H]1O[C@@H](C)[C@H](OC(C)=O)[C@@H](OC(C)=O)[C@H]1OC(C)=O. The van der Waals surface area contributed by atoms with Crippen LogP contribution in [-0.2, 0) is 51.5 Å². The molecular weight excluding hydrogens is 423 g/mol. The quantitative estimate of drug-likeness (QED) is 0.259. The van der Waals surface area contributed by atoms with Crippen molar-refractivity contribution in [3.05, 3.63) is 0 Å². The number of hydrogen-bond acceptors (Lipinski definition) is 11. The molecule has 0 aliphatic carbocycles. The molecule has 0 saturated carbocycles. The molecule has 0 spiro atoms. The molecule has 5 atom stereocenters. The van der Waals surface area contributed by atoms with E-state index in [-0.39, 0.29) is 13.2 Å². The van der Waals surface area contributed by atoms with Gasteiger partial charge in [0.15, 0.2) is 18.3 Å². The number of rotatable bonds is 11. The first kappa shape index (κ1) is 26.5. The Hall–Kier alpha value is -1.52. The van der Waals surface area contributed by atoms with E-state index in [0.717, 1.165) is 13.8 Å². The molecule has 1 aliphatic rings. The molecule has 0 aromatic rings. The number of phosphoric acid groups is 1. The summed E-state index contributed by atoms with van der Waals surface area (Å²) in [6, 6.07) is 0. The lowest BCUT2D eigenvalue weighted by Crippen LogP contribution is -2.61. The smallest absolute Gasteiger partial charge is 0.456 e. The molecular formula is C18H31O11P. The average Bonchev–Trinajstić information content (AvgIpc) is 2.63. The van der Waals surface area contributed by atoms with Gasteiger partial charge in [0, 0.05) is 20.8 Å². The van der Waals surface area contributed by atoms with Gasteiger partial charge in [0.2, 0.25) is 6.29 Å². The minimum absolute atomic E-state index is 0.0882. The maximum Gasteiger partial charge on any atom is 0.477 e. The lowest BCUT2D eigenvalue weighted by Gasteiger charge is -2.43. The van der Waals surface area contributed by atoms with Gasteiger partial charge in [-0.25, -0.2) is 4.57 Å². The normalized spacial score (nSPS) is 26.7. The van der Waals surface area contributed by atoms with Crippen molar-refractivity contribution in [3.63, 3.8) is 0 Å². The fourth-order valence-electron chi connectivity index (χ4n) is 2.69. The van der Waals surface area contributed by atoms with Crippen LogP contribution in [0.25, 0.3) is 0 Å². The number of esters is 3. The standard InChI is InChI=1S/C18H31O11P/c1-7-9-23-30(22,24-10-8-2)29-18-17(28-14(6)21)16(27-13(5)20)15(11(3)25-18)26-12(4)19/h11,15-18H,7-10H2,1-6H3/t11-,15-,16+,17+,18-/m0/s1. The molecule has 0 amide bonds. The first-order valence-electron chi connectivity index (χ1n) is 9.77. The van der Waals surface area contributed by atoms with Gasteiger partial charge >= 0.3 is 25.7 Å². The molecule has 0 bridgehead atoms. The Kier molecular flexibility index (Phi) is 10.9. The summed E-state index contributed by atoms with van der Waals surface area (Å²) in [5.41, 5.74) is 0. The van der Waals surface area contributed by atoms with Gasteiger partial charge in [-0.05, 0) is 19.8 Å². The van der Waals surface area contributed by atoms with Gasteiger partial charge in [-0.15, -0.1) is 0 Å². The minimum Gasteiger partial charge on any atom is -0.456 e. The summed E-state index contributed by atoms with van der Waals surface area (Å²) < 4.78 is 50.5.